The Bertz CT molecular complexity index is 1340. The second kappa shape index (κ2) is 12.6. The Labute approximate surface area is 244 Å². The number of carbonyl (C=O) groups is 3. The number of carbonyl (C=O) groups excluding carboxylic acids is 3. The van der Waals surface area contributed by atoms with E-state index in [0.717, 1.165) is 4.91 Å². The number of non-ortho nitro benzene ring substituents is 1. The molecule has 0 spiro atoms. The predicted molar refractivity (Wildman–Crippen MR) is 158 cm³/mol. The monoisotopic (exact) mass is 597 g/mol. The van der Waals surface area contributed by atoms with E-state index in [1.54, 1.807) is 29.2 Å². The second-order valence-corrected chi connectivity index (χ2v) is 16.7. The average Bonchev–Trinajstić information content (AvgIpc) is 3.17. The van der Waals surface area contributed by atoms with Crippen molar-refractivity contribution >= 4 is 43.6 Å². The summed E-state index contributed by atoms with van der Waals surface area (Å²) in [4.78, 5) is 52.0. The number of ether oxygens (including phenoxy) is 1. The Hall–Kier alpha value is -3.48. The van der Waals surface area contributed by atoms with Crippen LogP contribution in [0.5, 0.6) is 0 Å². The van der Waals surface area contributed by atoms with Crippen LogP contribution in [0.25, 0.3) is 0 Å². The number of hydrogen-bond acceptors (Lipinski definition) is 8. The zero-order valence-corrected chi connectivity index (χ0v) is 25.6. The number of β-lactam (4-membered cyclic amide) rings is 1. The quantitative estimate of drug-likeness (QED) is 0.0929. The molecule has 41 heavy (non-hydrogen) atoms. The smallest absolute Gasteiger partial charge is 0.356 e. The first kappa shape index (κ1) is 30.5. The molecule has 0 saturated carbocycles. The highest BCUT2D eigenvalue weighted by Crippen LogP contribution is 2.51. The Morgan fingerprint density at radius 2 is 1.78 bits per heavy atom. The minimum atomic E-state index is -1.91. The maximum absolute atomic E-state index is 13.4. The molecule has 1 fully saturated rings. The molecule has 1 N–H and O–H groups in total. The summed E-state index contributed by atoms with van der Waals surface area (Å²) in [5, 5.41) is 13.8. The fourth-order valence-corrected chi connectivity index (χ4v) is 7.68. The van der Waals surface area contributed by atoms with Crippen molar-refractivity contribution in [2.45, 2.75) is 52.2 Å². The zero-order chi connectivity index (χ0) is 29.9. The van der Waals surface area contributed by atoms with Crippen LogP contribution in [-0.2, 0) is 25.4 Å². The fourth-order valence-electron chi connectivity index (χ4n) is 5.27. The lowest BCUT2D eigenvalue weighted by Crippen LogP contribution is -2.64. The molecule has 2 aliphatic heterocycles. The third-order valence-electron chi connectivity index (χ3n) is 7.03. The van der Waals surface area contributed by atoms with Crippen LogP contribution < -0.4 is 5.32 Å². The number of rotatable bonds is 12. The number of nitrogens with zero attached hydrogens (tertiary/aromatic N) is 2. The van der Waals surface area contributed by atoms with Gasteiger partial charge in [0.05, 0.1) is 23.0 Å². The highest BCUT2D eigenvalue weighted by Gasteiger charge is 2.60. The van der Waals surface area contributed by atoms with Crippen LogP contribution in [0.15, 0.2) is 65.2 Å². The Morgan fingerprint density at radius 1 is 1.12 bits per heavy atom. The molecule has 2 heterocycles. The van der Waals surface area contributed by atoms with E-state index in [9.17, 15) is 24.5 Å². The fraction of sp³-hybridized carbons (Fsp3) is 0.414. The minimum Gasteiger partial charge on any atom is -0.456 e. The summed E-state index contributed by atoms with van der Waals surface area (Å²) in [6.07, 6.45) is -0.287. The molecule has 1 saturated heterocycles. The summed E-state index contributed by atoms with van der Waals surface area (Å²) in [6.45, 7) is 10.4. The van der Waals surface area contributed by atoms with Crippen LogP contribution in [0.2, 0.25) is 19.6 Å². The van der Waals surface area contributed by atoms with E-state index in [0.29, 0.717) is 23.4 Å². The molecule has 12 heteroatoms. The maximum Gasteiger partial charge on any atom is 0.356 e. The summed E-state index contributed by atoms with van der Waals surface area (Å²) < 4.78 is 11.9. The van der Waals surface area contributed by atoms with Crippen molar-refractivity contribution < 1.29 is 28.5 Å². The third kappa shape index (κ3) is 6.88. The van der Waals surface area contributed by atoms with Crippen LogP contribution >= 0.6 is 11.8 Å². The number of thioether (sulfide) groups is 1. The first-order valence-electron chi connectivity index (χ1n) is 13.5. The standard InChI is InChI=1S/C29H35N3O7SSi/c1-18-24-23(19(2)39-41(3,4)5)28(34)31(24)25(29(35)38-17-20-11-13-22(14-12-20)32(36)37)26(18)40-16-15-30-27(33)21-9-7-6-8-10-21/h6-14,18-19,23-24H,15-17H2,1-5H3,(H,30,33)/t18-,19-,23-,24-/m1/s1. The van der Waals surface area contributed by atoms with Crippen molar-refractivity contribution in [1.82, 2.24) is 10.2 Å². The van der Waals surface area contributed by atoms with Crippen molar-refractivity contribution in [2.24, 2.45) is 11.8 Å². The topological polar surface area (TPSA) is 128 Å². The SMILES string of the molecule is C[C@@H](O[Si](C)(C)C)[C@H]1C(=O)N2C(C(=O)OCc3ccc([N+](=O)[O-])cc3)=C(SCCNC(=O)c3ccccc3)[C@H](C)[C@H]12. The van der Waals surface area contributed by atoms with Crippen molar-refractivity contribution in [3.8, 4) is 0 Å². The van der Waals surface area contributed by atoms with Gasteiger partial charge in [-0.25, -0.2) is 4.79 Å². The van der Waals surface area contributed by atoms with Crippen molar-refractivity contribution in [3.05, 3.63) is 86.4 Å². The summed E-state index contributed by atoms with van der Waals surface area (Å²) in [5.74, 6) is -0.967. The summed E-state index contributed by atoms with van der Waals surface area (Å²) >= 11 is 1.43. The summed E-state index contributed by atoms with van der Waals surface area (Å²) in [5.41, 5.74) is 1.33. The van der Waals surface area contributed by atoms with Crippen molar-refractivity contribution in [3.63, 3.8) is 0 Å². The number of nitro benzene ring substituents is 1. The van der Waals surface area contributed by atoms with Crippen LogP contribution in [-0.4, -0.2) is 60.4 Å². The van der Waals surface area contributed by atoms with Crippen LogP contribution in [0.1, 0.15) is 29.8 Å². The molecule has 2 aliphatic rings. The van der Waals surface area contributed by atoms with Crippen molar-refractivity contribution in [2.75, 3.05) is 12.3 Å². The van der Waals surface area contributed by atoms with Gasteiger partial charge >= 0.3 is 5.97 Å². The van der Waals surface area contributed by atoms with E-state index >= 15 is 0 Å². The molecule has 0 aromatic heterocycles. The van der Waals surface area contributed by atoms with E-state index in [1.165, 1.54) is 36.0 Å². The highest BCUT2D eigenvalue weighted by molar-refractivity contribution is 8.03. The second-order valence-electron chi connectivity index (χ2n) is 11.1. The van der Waals surface area contributed by atoms with Crippen LogP contribution in [0, 0.1) is 22.0 Å². The van der Waals surface area contributed by atoms with E-state index in [-0.39, 0.29) is 53.8 Å². The van der Waals surface area contributed by atoms with Gasteiger partial charge in [-0.15, -0.1) is 11.8 Å². The van der Waals surface area contributed by atoms with Gasteiger partial charge in [-0.05, 0) is 56.4 Å². The number of amides is 2. The molecule has 0 bridgehead atoms. The summed E-state index contributed by atoms with van der Waals surface area (Å²) in [7, 11) is -1.91. The van der Waals surface area contributed by atoms with Crippen molar-refractivity contribution in [1.29, 1.82) is 0 Å². The van der Waals surface area contributed by atoms with E-state index in [4.69, 9.17) is 9.16 Å². The number of benzene rings is 2. The maximum atomic E-state index is 13.4. The van der Waals surface area contributed by atoms with Gasteiger partial charge in [-0.2, -0.15) is 0 Å². The number of hydrogen-bond donors (Lipinski definition) is 1. The Morgan fingerprint density at radius 3 is 2.39 bits per heavy atom. The van der Waals surface area contributed by atoms with Gasteiger partial charge in [-0.3, -0.25) is 19.7 Å². The molecule has 2 aromatic carbocycles. The molecular weight excluding hydrogens is 562 g/mol. The number of esters is 1. The first-order valence-corrected chi connectivity index (χ1v) is 17.9. The van der Waals surface area contributed by atoms with Gasteiger partial charge < -0.3 is 19.4 Å². The molecule has 10 nitrogen and oxygen atoms in total. The lowest BCUT2D eigenvalue weighted by Gasteiger charge is -2.48. The molecule has 0 aliphatic carbocycles. The third-order valence-corrected chi connectivity index (χ3v) is 9.39. The zero-order valence-electron chi connectivity index (χ0n) is 23.8. The average molecular weight is 598 g/mol. The molecule has 218 valence electrons. The lowest BCUT2D eigenvalue weighted by molar-refractivity contribution is -0.384. The number of nitro groups is 1. The molecule has 0 radical (unpaired) electrons. The lowest BCUT2D eigenvalue weighted by atomic mass is 9.79. The predicted octanol–water partition coefficient (Wildman–Crippen LogP) is 4.73. The first-order chi connectivity index (χ1) is 19.4. The molecule has 2 aromatic rings. The van der Waals surface area contributed by atoms with E-state index in [1.807, 2.05) is 19.9 Å². The van der Waals surface area contributed by atoms with Gasteiger partial charge in [-0.1, -0.05) is 25.1 Å². The van der Waals surface area contributed by atoms with Crippen LogP contribution in [0.3, 0.4) is 0 Å². The molecule has 4 atom stereocenters. The normalized spacial score (nSPS) is 20.8. The summed E-state index contributed by atoms with van der Waals surface area (Å²) in [6, 6.07) is 14.5. The number of nitrogens with one attached hydrogen (secondary N) is 1. The molecule has 4 rings (SSSR count). The van der Waals surface area contributed by atoms with E-state index in [2.05, 4.69) is 25.0 Å². The van der Waals surface area contributed by atoms with Gasteiger partial charge in [0.2, 0.25) is 5.91 Å². The van der Waals surface area contributed by atoms with Gasteiger partial charge in [0, 0.05) is 40.8 Å². The van der Waals surface area contributed by atoms with Gasteiger partial charge in [0.1, 0.15) is 12.3 Å². The Kier molecular flexibility index (Phi) is 9.35. The molecule has 0 unspecified atom stereocenters. The number of fused-ring (bicyclic) bond motifs is 1. The molecule has 2 amide bonds. The molecular formula is C29H35N3O7SSi. The van der Waals surface area contributed by atoms with E-state index < -0.39 is 19.2 Å². The Balaban J connectivity index is 1.48. The highest BCUT2D eigenvalue weighted by atomic mass is 32.2. The van der Waals surface area contributed by atoms with Gasteiger partial charge in [0.15, 0.2) is 8.32 Å². The minimum absolute atomic E-state index is 0.0554. The van der Waals surface area contributed by atoms with Gasteiger partial charge in [0.25, 0.3) is 11.6 Å². The largest absolute Gasteiger partial charge is 0.456 e. The van der Waals surface area contributed by atoms with Crippen LogP contribution in [0.4, 0.5) is 5.69 Å².